The average Bonchev–Trinajstić information content (AvgIpc) is 2.54. The van der Waals surface area contributed by atoms with Crippen molar-refractivity contribution in [3.8, 4) is 6.07 Å². The van der Waals surface area contributed by atoms with Crippen LogP contribution in [-0.4, -0.2) is 50.1 Å². The van der Waals surface area contributed by atoms with Gasteiger partial charge in [-0.3, -0.25) is 9.69 Å². The SMILES string of the molecule is CN(CC(=O)NCC#N)[C@H]1CCCN(c2ccccc2)C1. The van der Waals surface area contributed by atoms with Gasteiger partial charge in [0.25, 0.3) is 0 Å². The highest BCUT2D eigenvalue weighted by Gasteiger charge is 2.24. The number of carbonyl (C=O) groups is 1. The molecule has 0 aliphatic carbocycles. The summed E-state index contributed by atoms with van der Waals surface area (Å²) in [5.74, 6) is -0.0871. The molecule has 1 N–H and O–H groups in total. The van der Waals surface area contributed by atoms with Crippen LogP contribution in [0.4, 0.5) is 5.69 Å². The highest BCUT2D eigenvalue weighted by atomic mass is 16.2. The monoisotopic (exact) mass is 286 g/mol. The number of hydrogen-bond donors (Lipinski definition) is 1. The summed E-state index contributed by atoms with van der Waals surface area (Å²) in [6, 6.07) is 12.7. The van der Waals surface area contributed by atoms with Crippen molar-refractivity contribution in [3.05, 3.63) is 30.3 Å². The summed E-state index contributed by atoms with van der Waals surface area (Å²) >= 11 is 0. The lowest BCUT2D eigenvalue weighted by atomic mass is 10.0. The Morgan fingerprint density at radius 3 is 2.95 bits per heavy atom. The maximum absolute atomic E-state index is 11.7. The zero-order valence-corrected chi connectivity index (χ0v) is 12.5. The van der Waals surface area contributed by atoms with Gasteiger partial charge < -0.3 is 10.2 Å². The van der Waals surface area contributed by atoms with Crippen molar-refractivity contribution >= 4 is 11.6 Å². The van der Waals surface area contributed by atoms with Crippen molar-refractivity contribution in [1.82, 2.24) is 10.2 Å². The third-order valence-electron chi connectivity index (χ3n) is 3.90. The van der Waals surface area contributed by atoms with E-state index in [9.17, 15) is 4.79 Å². The normalized spacial score (nSPS) is 18.3. The topological polar surface area (TPSA) is 59.4 Å². The number of hydrogen-bond acceptors (Lipinski definition) is 4. The number of nitriles is 1. The second-order valence-electron chi connectivity index (χ2n) is 5.43. The Balaban J connectivity index is 1.89. The number of carbonyl (C=O) groups excluding carboxylic acids is 1. The standard InChI is InChI=1S/C16H22N4O/c1-19(13-16(21)18-10-9-17)15-8-5-11-20(12-15)14-6-3-2-4-7-14/h2-4,6-7,15H,5,8,10-13H2,1H3,(H,18,21)/t15-/m0/s1. The molecular formula is C16H22N4O. The Labute approximate surface area is 126 Å². The number of benzene rings is 1. The molecule has 0 spiro atoms. The zero-order chi connectivity index (χ0) is 15.1. The first-order chi connectivity index (χ1) is 10.2. The van der Waals surface area contributed by atoms with E-state index in [0.29, 0.717) is 12.6 Å². The number of amides is 1. The minimum absolute atomic E-state index is 0.0769. The molecule has 1 aromatic rings. The molecule has 5 heteroatoms. The molecule has 1 aliphatic rings. The molecule has 2 rings (SSSR count). The molecule has 1 aliphatic heterocycles. The van der Waals surface area contributed by atoms with E-state index in [1.807, 2.05) is 19.2 Å². The van der Waals surface area contributed by atoms with Gasteiger partial charge >= 0.3 is 0 Å². The van der Waals surface area contributed by atoms with Crippen molar-refractivity contribution in [2.75, 3.05) is 38.1 Å². The molecule has 1 fully saturated rings. The van der Waals surface area contributed by atoms with Gasteiger partial charge in [0.15, 0.2) is 0 Å². The van der Waals surface area contributed by atoms with Crippen molar-refractivity contribution < 1.29 is 4.79 Å². The Bertz CT molecular complexity index is 497. The Hall–Kier alpha value is -2.06. The van der Waals surface area contributed by atoms with Crippen LogP contribution in [-0.2, 0) is 4.79 Å². The van der Waals surface area contributed by atoms with E-state index >= 15 is 0 Å². The molecule has 1 heterocycles. The third-order valence-corrected chi connectivity index (χ3v) is 3.90. The van der Waals surface area contributed by atoms with E-state index in [2.05, 4.69) is 39.4 Å². The van der Waals surface area contributed by atoms with Crippen LogP contribution in [0.1, 0.15) is 12.8 Å². The second kappa shape index (κ2) is 7.65. The average molecular weight is 286 g/mol. The fourth-order valence-corrected chi connectivity index (χ4v) is 2.74. The van der Waals surface area contributed by atoms with Crippen LogP contribution in [0.3, 0.4) is 0 Å². The van der Waals surface area contributed by atoms with Crippen LogP contribution >= 0.6 is 0 Å². The lowest BCUT2D eigenvalue weighted by molar-refractivity contribution is -0.122. The maximum Gasteiger partial charge on any atom is 0.235 e. The molecular weight excluding hydrogens is 264 g/mol. The molecule has 112 valence electrons. The predicted molar refractivity (Wildman–Crippen MR) is 82.9 cm³/mol. The van der Waals surface area contributed by atoms with Gasteiger partial charge in [-0.05, 0) is 32.0 Å². The van der Waals surface area contributed by atoms with Crippen molar-refractivity contribution in [1.29, 1.82) is 5.26 Å². The van der Waals surface area contributed by atoms with Crippen LogP contribution in [0.5, 0.6) is 0 Å². The highest BCUT2D eigenvalue weighted by Crippen LogP contribution is 2.21. The van der Waals surface area contributed by atoms with Crippen LogP contribution in [0.25, 0.3) is 0 Å². The Morgan fingerprint density at radius 2 is 2.24 bits per heavy atom. The molecule has 0 unspecified atom stereocenters. The molecule has 0 aromatic heterocycles. The van der Waals surface area contributed by atoms with Gasteiger partial charge in [-0.15, -0.1) is 0 Å². The summed E-state index contributed by atoms with van der Waals surface area (Å²) in [7, 11) is 1.98. The Kier molecular flexibility index (Phi) is 5.59. The van der Waals surface area contributed by atoms with Gasteiger partial charge in [0.05, 0.1) is 12.6 Å². The number of nitrogens with one attached hydrogen (secondary N) is 1. The largest absolute Gasteiger partial charge is 0.370 e. The predicted octanol–water partition coefficient (Wildman–Crippen LogP) is 1.23. The van der Waals surface area contributed by atoms with Gasteiger partial charge in [0.2, 0.25) is 5.91 Å². The van der Waals surface area contributed by atoms with Gasteiger partial charge in [0.1, 0.15) is 6.54 Å². The van der Waals surface area contributed by atoms with Crippen molar-refractivity contribution in [2.24, 2.45) is 0 Å². The quantitative estimate of drug-likeness (QED) is 0.827. The number of rotatable bonds is 5. The fraction of sp³-hybridized carbons (Fsp3) is 0.500. The van der Waals surface area contributed by atoms with Gasteiger partial charge in [-0.2, -0.15) is 5.26 Å². The third kappa shape index (κ3) is 4.47. The summed E-state index contributed by atoms with van der Waals surface area (Å²) in [4.78, 5) is 16.1. The molecule has 5 nitrogen and oxygen atoms in total. The molecule has 1 saturated heterocycles. The van der Waals surface area contributed by atoms with E-state index in [4.69, 9.17) is 5.26 Å². The number of para-hydroxylation sites is 1. The first-order valence-electron chi connectivity index (χ1n) is 7.34. The number of piperidine rings is 1. The number of likely N-dealkylation sites (N-methyl/N-ethyl adjacent to an activating group) is 1. The van der Waals surface area contributed by atoms with Crippen LogP contribution in [0.2, 0.25) is 0 Å². The summed E-state index contributed by atoms with van der Waals surface area (Å²) in [6.45, 7) is 2.42. The zero-order valence-electron chi connectivity index (χ0n) is 12.5. The van der Waals surface area contributed by atoms with E-state index in [-0.39, 0.29) is 12.5 Å². The van der Waals surface area contributed by atoms with E-state index < -0.39 is 0 Å². The molecule has 1 aromatic carbocycles. The molecule has 1 amide bonds. The van der Waals surface area contributed by atoms with Crippen LogP contribution in [0, 0.1) is 11.3 Å². The lowest BCUT2D eigenvalue weighted by Crippen LogP contribution is -2.49. The lowest BCUT2D eigenvalue weighted by Gasteiger charge is -2.38. The van der Waals surface area contributed by atoms with E-state index in [0.717, 1.165) is 25.9 Å². The van der Waals surface area contributed by atoms with Crippen LogP contribution < -0.4 is 10.2 Å². The Morgan fingerprint density at radius 1 is 1.48 bits per heavy atom. The minimum Gasteiger partial charge on any atom is -0.370 e. The molecule has 1 atom stereocenters. The molecule has 0 bridgehead atoms. The van der Waals surface area contributed by atoms with Gasteiger partial charge in [-0.25, -0.2) is 0 Å². The van der Waals surface area contributed by atoms with E-state index in [1.54, 1.807) is 0 Å². The first-order valence-corrected chi connectivity index (χ1v) is 7.34. The molecule has 0 saturated carbocycles. The minimum atomic E-state index is -0.0871. The van der Waals surface area contributed by atoms with E-state index in [1.165, 1.54) is 5.69 Å². The number of anilines is 1. The summed E-state index contributed by atoms with van der Waals surface area (Å²) < 4.78 is 0. The summed E-state index contributed by atoms with van der Waals surface area (Å²) in [6.07, 6.45) is 2.23. The smallest absolute Gasteiger partial charge is 0.235 e. The fourth-order valence-electron chi connectivity index (χ4n) is 2.74. The molecule has 21 heavy (non-hydrogen) atoms. The maximum atomic E-state index is 11.7. The first kappa shape index (κ1) is 15.3. The van der Waals surface area contributed by atoms with Gasteiger partial charge in [0, 0.05) is 24.8 Å². The number of nitrogens with zero attached hydrogens (tertiary/aromatic N) is 3. The summed E-state index contributed by atoms with van der Waals surface area (Å²) in [5.41, 5.74) is 1.24. The van der Waals surface area contributed by atoms with Crippen LogP contribution in [0.15, 0.2) is 30.3 Å². The van der Waals surface area contributed by atoms with Gasteiger partial charge in [-0.1, -0.05) is 18.2 Å². The van der Waals surface area contributed by atoms with Crippen molar-refractivity contribution in [2.45, 2.75) is 18.9 Å². The molecule has 0 radical (unpaired) electrons. The second-order valence-corrected chi connectivity index (χ2v) is 5.43. The summed E-state index contributed by atoms with van der Waals surface area (Å²) in [5, 5.41) is 11.1. The van der Waals surface area contributed by atoms with Crippen molar-refractivity contribution in [3.63, 3.8) is 0 Å². The highest BCUT2D eigenvalue weighted by molar-refractivity contribution is 5.78.